The summed E-state index contributed by atoms with van der Waals surface area (Å²) in [7, 11) is 0. The molecule has 0 unspecified atom stereocenters. The first-order valence-corrected chi connectivity index (χ1v) is 9.43. The van der Waals surface area contributed by atoms with Gasteiger partial charge in [-0.05, 0) is 37.4 Å². The van der Waals surface area contributed by atoms with E-state index in [-0.39, 0.29) is 12.5 Å². The Morgan fingerprint density at radius 2 is 2.04 bits per heavy atom. The van der Waals surface area contributed by atoms with Crippen LogP contribution in [0.3, 0.4) is 0 Å². The van der Waals surface area contributed by atoms with E-state index in [0.29, 0.717) is 21.8 Å². The van der Waals surface area contributed by atoms with Crippen molar-refractivity contribution in [2.75, 3.05) is 11.9 Å². The highest BCUT2D eigenvalue weighted by molar-refractivity contribution is 7.17. The number of ether oxygens (including phenoxy) is 1. The molecule has 7 heteroatoms. The van der Waals surface area contributed by atoms with Gasteiger partial charge in [-0.3, -0.25) is 4.79 Å². The average molecular weight is 372 g/mol. The van der Waals surface area contributed by atoms with Gasteiger partial charge in [-0.15, -0.1) is 11.3 Å². The molecule has 0 saturated carbocycles. The molecule has 0 aliphatic carbocycles. The number of hydrogen-bond acceptors (Lipinski definition) is 6. The molecule has 0 radical (unpaired) electrons. The van der Waals surface area contributed by atoms with E-state index in [1.165, 1.54) is 11.3 Å². The van der Waals surface area contributed by atoms with Crippen molar-refractivity contribution in [1.82, 2.24) is 4.98 Å². The normalized spacial score (nSPS) is 10.5. The van der Waals surface area contributed by atoms with E-state index in [1.807, 2.05) is 16.8 Å². The summed E-state index contributed by atoms with van der Waals surface area (Å²) in [5.74, 6) is -0.744. The maximum atomic E-state index is 12.7. The summed E-state index contributed by atoms with van der Waals surface area (Å²) >= 11 is 2.92. The Bertz CT molecular complexity index is 901. The van der Waals surface area contributed by atoms with Gasteiger partial charge in [0.25, 0.3) is 5.91 Å². The first kappa shape index (κ1) is 17.3. The molecular formula is C18H16N2O3S2. The molecule has 1 aromatic carbocycles. The lowest BCUT2D eigenvalue weighted by Crippen LogP contribution is -2.15. The molecule has 0 saturated heterocycles. The monoisotopic (exact) mass is 372 g/mol. The zero-order valence-corrected chi connectivity index (χ0v) is 15.4. The molecule has 5 nitrogen and oxygen atoms in total. The van der Waals surface area contributed by atoms with E-state index in [9.17, 15) is 9.59 Å². The number of hydrogen-bond donors (Lipinski definition) is 1. The number of amides is 1. The third kappa shape index (κ3) is 3.78. The van der Waals surface area contributed by atoms with Crippen LogP contribution in [-0.2, 0) is 4.74 Å². The fraction of sp³-hybridized carbons (Fsp3) is 0.167. The Labute approximate surface area is 153 Å². The number of para-hydroxylation sites is 1. The lowest BCUT2D eigenvalue weighted by Gasteiger charge is -2.09. The number of esters is 1. The predicted octanol–water partition coefficient (Wildman–Crippen LogP) is 4.61. The molecule has 0 bridgehead atoms. The number of aromatic nitrogens is 1. The van der Waals surface area contributed by atoms with Crippen molar-refractivity contribution in [1.29, 1.82) is 0 Å². The lowest BCUT2D eigenvalue weighted by atomic mass is 10.1. The molecule has 0 aliphatic rings. The van der Waals surface area contributed by atoms with Crippen molar-refractivity contribution >= 4 is 40.2 Å². The zero-order valence-electron chi connectivity index (χ0n) is 13.7. The van der Waals surface area contributed by atoms with Crippen LogP contribution in [0.1, 0.15) is 32.6 Å². The van der Waals surface area contributed by atoms with Crippen molar-refractivity contribution < 1.29 is 14.3 Å². The van der Waals surface area contributed by atoms with E-state index >= 15 is 0 Å². The molecule has 128 valence electrons. The lowest BCUT2D eigenvalue weighted by molar-refractivity contribution is 0.0527. The summed E-state index contributed by atoms with van der Waals surface area (Å²) in [5, 5.41) is 7.58. The fourth-order valence-corrected chi connectivity index (χ4v) is 3.95. The number of carbonyl (C=O) groups is 2. The van der Waals surface area contributed by atoms with E-state index in [1.54, 1.807) is 49.4 Å². The van der Waals surface area contributed by atoms with Gasteiger partial charge in [0.1, 0.15) is 9.88 Å². The highest BCUT2D eigenvalue weighted by Crippen LogP contribution is 2.30. The summed E-state index contributed by atoms with van der Waals surface area (Å²) < 4.78 is 5.03. The van der Waals surface area contributed by atoms with Crippen LogP contribution in [0.2, 0.25) is 0 Å². The minimum absolute atomic E-state index is 0.277. The third-order valence-corrected chi connectivity index (χ3v) is 5.33. The van der Waals surface area contributed by atoms with Crippen LogP contribution in [0.4, 0.5) is 5.69 Å². The van der Waals surface area contributed by atoms with Crippen LogP contribution in [0, 0.1) is 6.92 Å². The Hall–Kier alpha value is -2.51. The highest BCUT2D eigenvalue weighted by Gasteiger charge is 2.19. The fourth-order valence-electron chi connectivity index (χ4n) is 2.27. The smallest absolute Gasteiger partial charge is 0.340 e. The summed E-state index contributed by atoms with van der Waals surface area (Å²) in [6.07, 6.45) is 0. The van der Waals surface area contributed by atoms with Gasteiger partial charge in [-0.25, -0.2) is 9.78 Å². The standard InChI is InChI=1S/C18H16N2O3S2/c1-3-23-18(22)13-6-4-5-7-14(13)20-16(21)15-11(2)19-17(25-15)12-8-9-24-10-12/h4-10H,3H2,1-2H3,(H,20,21). The molecule has 0 aliphatic heterocycles. The van der Waals surface area contributed by atoms with Crippen molar-refractivity contribution in [3.8, 4) is 10.6 Å². The molecule has 2 heterocycles. The van der Waals surface area contributed by atoms with Gasteiger partial charge in [0, 0.05) is 10.9 Å². The number of thiophene rings is 1. The number of nitrogens with one attached hydrogen (secondary N) is 1. The van der Waals surface area contributed by atoms with Crippen LogP contribution in [-0.4, -0.2) is 23.5 Å². The molecule has 1 amide bonds. The van der Waals surface area contributed by atoms with Crippen molar-refractivity contribution in [3.05, 3.63) is 57.2 Å². The van der Waals surface area contributed by atoms with Gasteiger partial charge in [-0.1, -0.05) is 12.1 Å². The minimum Gasteiger partial charge on any atom is -0.462 e. The van der Waals surface area contributed by atoms with Crippen LogP contribution in [0.25, 0.3) is 10.6 Å². The number of carbonyl (C=O) groups excluding carboxylic acids is 2. The van der Waals surface area contributed by atoms with Gasteiger partial charge < -0.3 is 10.1 Å². The Morgan fingerprint density at radius 3 is 2.76 bits per heavy atom. The topological polar surface area (TPSA) is 68.3 Å². The maximum Gasteiger partial charge on any atom is 0.340 e. The maximum absolute atomic E-state index is 12.7. The number of rotatable bonds is 5. The van der Waals surface area contributed by atoms with Crippen molar-refractivity contribution in [3.63, 3.8) is 0 Å². The molecule has 3 aromatic rings. The van der Waals surface area contributed by atoms with E-state index in [4.69, 9.17) is 4.74 Å². The van der Waals surface area contributed by atoms with Crippen LogP contribution >= 0.6 is 22.7 Å². The van der Waals surface area contributed by atoms with Crippen molar-refractivity contribution in [2.45, 2.75) is 13.8 Å². The molecule has 0 spiro atoms. The molecule has 3 rings (SSSR count). The summed E-state index contributed by atoms with van der Waals surface area (Å²) in [6.45, 7) is 3.82. The van der Waals surface area contributed by atoms with Gasteiger partial charge in [0.15, 0.2) is 0 Å². The van der Waals surface area contributed by atoms with Crippen LogP contribution in [0.15, 0.2) is 41.1 Å². The third-order valence-electron chi connectivity index (χ3n) is 3.44. The van der Waals surface area contributed by atoms with Crippen LogP contribution in [0.5, 0.6) is 0 Å². The second-order valence-electron chi connectivity index (χ2n) is 5.17. The molecule has 25 heavy (non-hydrogen) atoms. The SMILES string of the molecule is CCOC(=O)c1ccccc1NC(=O)c1sc(-c2ccsc2)nc1C. The average Bonchev–Trinajstić information content (AvgIpc) is 3.25. The Kier molecular flexibility index (Phi) is 5.25. The van der Waals surface area contributed by atoms with E-state index in [2.05, 4.69) is 10.3 Å². The number of thiazole rings is 1. The molecule has 0 atom stereocenters. The second-order valence-corrected chi connectivity index (χ2v) is 6.94. The number of anilines is 1. The number of nitrogens with zero attached hydrogens (tertiary/aromatic N) is 1. The first-order valence-electron chi connectivity index (χ1n) is 7.67. The van der Waals surface area contributed by atoms with E-state index in [0.717, 1.165) is 10.6 Å². The summed E-state index contributed by atoms with van der Waals surface area (Å²) in [4.78, 5) is 29.7. The van der Waals surface area contributed by atoms with Gasteiger partial charge in [0.05, 0.1) is 23.6 Å². The highest BCUT2D eigenvalue weighted by atomic mass is 32.1. The Balaban J connectivity index is 1.85. The molecule has 2 aromatic heterocycles. The quantitative estimate of drug-likeness (QED) is 0.664. The summed E-state index contributed by atoms with van der Waals surface area (Å²) in [5.41, 5.74) is 2.43. The van der Waals surface area contributed by atoms with Gasteiger partial charge >= 0.3 is 5.97 Å². The molecular weight excluding hydrogens is 356 g/mol. The molecule has 1 N–H and O–H groups in total. The van der Waals surface area contributed by atoms with Gasteiger partial charge in [0.2, 0.25) is 0 Å². The van der Waals surface area contributed by atoms with E-state index < -0.39 is 5.97 Å². The van der Waals surface area contributed by atoms with Crippen molar-refractivity contribution in [2.24, 2.45) is 0 Å². The minimum atomic E-state index is -0.460. The largest absolute Gasteiger partial charge is 0.462 e. The first-order chi connectivity index (χ1) is 12.1. The Morgan fingerprint density at radius 1 is 1.24 bits per heavy atom. The zero-order chi connectivity index (χ0) is 17.8. The van der Waals surface area contributed by atoms with Gasteiger partial charge in [-0.2, -0.15) is 11.3 Å². The summed E-state index contributed by atoms with van der Waals surface area (Å²) in [6, 6.07) is 8.77. The predicted molar refractivity (Wildman–Crippen MR) is 101 cm³/mol. The number of benzene rings is 1. The number of aryl methyl sites for hydroxylation is 1. The molecule has 0 fully saturated rings. The second kappa shape index (κ2) is 7.58. The van der Waals surface area contributed by atoms with Crippen LogP contribution < -0.4 is 5.32 Å².